The van der Waals surface area contributed by atoms with E-state index >= 15 is 0 Å². The smallest absolute Gasteiger partial charge is 0.137 e. The molecule has 12 rings (SSSR count). The van der Waals surface area contributed by atoms with Gasteiger partial charge in [-0.2, -0.15) is 0 Å². The van der Waals surface area contributed by atoms with E-state index in [1.807, 2.05) is 12.1 Å². The molecule has 0 N–H and O–H groups in total. The number of hydrogen-bond donors (Lipinski definition) is 0. The number of para-hydroxylation sites is 3. The van der Waals surface area contributed by atoms with E-state index in [0.29, 0.717) is 0 Å². The predicted octanol–water partition coefficient (Wildman–Crippen LogP) is 17.9. The van der Waals surface area contributed by atoms with Gasteiger partial charge in [-0.25, -0.2) is 10.0 Å². The first-order chi connectivity index (χ1) is 31.9. The minimum atomic E-state index is -0.839. The zero-order valence-corrected chi connectivity index (χ0v) is 37.4. The normalized spacial score (nSPS) is 12.2. The first-order valence-electron chi connectivity index (χ1n) is 22.2. The van der Waals surface area contributed by atoms with Crippen LogP contribution >= 0.6 is 10.0 Å². The Labute approximate surface area is 380 Å². The lowest BCUT2D eigenvalue weighted by molar-refractivity contribution is 0.669. The molecule has 0 atom stereocenters. The van der Waals surface area contributed by atoms with E-state index in [9.17, 15) is 0 Å². The summed E-state index contributed by atoms with van der Waals surface area (Å²) in [7, 11) is -0.839. The van der Waals surface area contributed by atoms with Crippen molar-refractivity contribution in [3.8, 4) is 11.1 Å². The van der Waals surface area contributed by atoms with Crippen molar-refractivity contribution in [1.29, 1.82) is 0 Å². The van der Waals surface area contributed by atoms with Crippen LogP contribution in [0.15, 0.2) is 234 Å². The number of fused-ring (bicyclic) bond motifs is 11. The molecule has 0 radical (unpaired) electrons. The Kier molecular flexibility index (Phi) is 9.25. The zero-order valence-electron chi connectivity index (χ0n) is 36.6. The molecule has 0 unspecified atom stereocenters. The third-order valence-corrected chi connectivity index (χ3v) is 14.7. The minimum Gasteiger partial charge on any atom is -0.456 e. The summed E-state index contributed by atoms with van der Waals surface area (Å²) in [5.41, 5.74) is 10.7. The third-order valence-electron chi connectivity index (χ3n) is 13.0. The van der Waals surface area contributed by atoms with Gasteiger partial charge in [-0.1, -0.05) is 133 Å². The van der Waals surface area contributed by atoms with Crippen molar-refractivity contribution in [1.82, 2.24) is 0 Å². The molecule has 12 aromatic rings. The van der Waals surface area contributed by atoms with Crippen molar-refractivity contribution in [3.63, 3.8) is 0 Å². The number of furan rings is 1. The highest BCUT2D eigenvalue weighted by molar-refractivity contribution is 8.32. The largest absolute Gasteiger partial charge is 0.456 e. The zero-order chi connectivity index (χ0) is 43.6. The molecule has 0 saturated carbocycles. The number of hydrogen-bond acceptors (Lipinski definition) is 3. The molecular weight excluding hydrogens is 809 g/mol. The first kappa shape index (κ1) is 38.9. The molecular formula is C61H46N2OS. The topological polar surface area (TPSA) is 19.6 Å². The molecule has 0 aliphatic carbocycles. The van der Waals surface area contributed by atoms with Crippen LogP contribution in [0.25, 0.3) is 76.2 Å². The van der Waals surface area contributed by atoms with Gasteiger partial charge in [0.2, 0.25) is 0 Å². The highest BCUT2D eigenvalue weighted by atomic mass is 32.3. The lowest BCUT2D eigenvalue weighted by Crippen LogP contribution is -2.11. The molecule has 1 aromatic heterocycles. The highest BCUT2D eigenvalue weighted by Crippen LogP contribution is 2.48. The molecule has 0 aliphatic rings. The lowest BCUT2D eigenvalue weighted by Gasteiger charge is -2.29. The summed E-state index contributed by atoms with van der Waals surface area (Å²) in [6, 6.07) is 81.8. The van der Waals surface area contributed by atoms with Crippen LogP contribution in [0, 0.1) is 0 Å². The molecule has 0 bridgehead atoms. The van der Waals surface area contributed by atoms with Crippen LogP contribution in [-0.2, 0) is 0 Å². The molecule has 3 nitrogen and oxygen atoms in total. The van der Waals surface area contributed by atoms with Gasteiger partial charge in [-0.3, -0.25) is 0 Å². The fourth-order valence-electron chi connectivity index (χ4n) is 9.88. The second-order valence-corrected chi connectivity index (χ2v) is 21.8. The van der Waals surface area contributed by atoms with Crippen LogP contribution in [0.4, 0.5) is 34.1 Å². The van der Waals surface area contributed by atoms with Crippen molar-refractivity contribution in [3.05, 3.63) is 224 Å². The van der Waals surface area contributed by atoms with E-state index < -0.39 is 10.0 Å². The van der Waals surface area contributed by atoms with Gasteiger partial charge in [0.1, 0.15) is 11.2 Å². The quantitative estimate of drug-likeness (QED) is 0.142. The molecule has 0 aliphatic heterocycles. The van der Waals surface area contributed by atoms with E-state index in [0.717, 1.165) is 67.2 Å². The summed E-state index contributed by atoms with van der Waals surface area (Å²) in [6.07, 6.45) is 7.05. The Balaban J connectivity index is 1.04. The number of anilines is 6. The summed E-state index contributed by atoms with van der Waals surface area (Å²) in [6.45, 7) is 0. The molecule has 11 aromatic carbocycles. The second-order valence-electron chi connectivity index (χ2n) is 17.7. The SMILES string of the molecule is CS(C)(C)c1ccc(N(c2ccccc2)c2ccc3c(ccc4c5ccc(N(c6ccc7c(c6)oc6ccccc67)c6ccccc6-c6ccccc6)cc5c5ccccc5c34)c2)cc1. The summed E-state index contributed by atoms with van der Waals surface area (Å²) < 4.78 is 6.49. The number of nitrogens with zero attached hydrogens (tertiary/aromatic N) is 2. The van der Waals surface area contributed by atoms with Gasteiger partial charge in [-0.05, 0) is 157 Å². The van der Waals surface area contributed by atoms with Gasteiger partial charge < -0.3 is 14.2 Å². The minimum absolute atomic E-state index is 0.839. The fourth-order valence-corrected chi connectivity index (χ4v) is 10.8. The molecule has 0 fully saturated rings. The maximum Gasteiger partial charge on any atom is 0.137 e. The molecule has 0 amide bonds. The third kappa shape index (κ3) is 6.68. The Bertz CT molecular complexity index is 3740. The van der Waals surface area contributed by atoms with Gasteiger partial charge >= 0.3 is 0 Å². The van der Waals surface area contributed by atoms with E-state index in [1.54, 1.807) is 0 Å². The van der Waals surface area contributed by atoms with Gasteiger partial charge in [0, 0.05) is 50.8 Å². The average Bonchev–Trinajstić information content (AvgIpc) is 3.73. The first-order valence-corrected chi connectivity index (χ1v) is 25.0. The van der Waals surface area contributed by atoms with E-state index in [2.05, 4.69) is 241 Å². The summed E-state index contributed by atoms with van der Waals surface area (Å²) in [4.78, 5) is 6.17. The van der Waals surface area contributed by atoms with Crippen molar-refractivity contribution < 1.29 is 4.42 Å². The summed E-state index contributed by atoms with van der Waals surface area (Å²) in [5, 5.41) is 12.1. The Morgan fingerprint density at radius 1 is 0.338 bits per heavy atom. The van der Waals surface area contributed by atoms with E-state index in [-0.39, 0.29) is 0 Å². The van der Waals surface area contributed by atoms with Crippen LogP contribution in [0.5, 0.6) is 0 Å². The molecule has 312 valence electrons. The van der Waals surface area contributed by atoms with Crippen molar-refractivity contribution >= 4 is 109 Å². The van der Waals surface area contributed by atoms with Crippen LogP contribution < -0.4 is 9.80 Å². The lowest BCUT2D eigenvalue weighted by atomic mass is 9.90. The monoisotopic (exact) mass is 854 g/mol. The Morgan fingerprint density at radius 3 is 1.63 bits per heavy atom. The van der Waals surface area contributed by atoms with E-state index in [1.165, 1.54) is 48.0 Å². The van der Waals surface area contributed by atoms with Crippen LogP contribution in [0.2, 0.25) is 0 Å². The maximum absolute atomic E-state index is 6.49. The predicted molar refractivity (Wildman–Crippen MR) is 282 cm³/mol. The van der Waals surface area contributed by atoms with Crippen molar-refractivity contribution in [2.75, 3.05) is 28.6 Å². The van der Waals surface area contributed by atoms with Gasteiger partial charge in [-0.15, -0.1) is 0 Å². The molecule has 0 spiro atoms. The second kappa shape index (κ2) is 15.5. The average molecular weight is 855 g/mol. The molecule has 1 heterocycles. The van der Waals surface area contributed by atoms with Gasteiger partial charge in [0.15, 0.2) is 0 Å². The summed E-state index contributed by atoms with van der Waals surface area (Å²) >= 11 is 0. The number of benzene rings is 11. The van der Waals surface area contributed by atoms with Crippen molar-refractivity contribution in [2.24, 2.45) is 0 Å². The Morgan fingerprint density at radius 2 is 0.862 bits per heavy atom. The molecule has 65 heavy (non-hydrogen) atoms. The van der Waals surface area contributed by atoms with Crippen LogP contribution in [0.1, 0.15) is 0 Å². The highest BCUT2D eigenvalue weighted by Gasteiger charge is 2.22. The Hall–Kier alpha value is -7.79. The van der Waals surface area contributed by atoms with E-state index in [4.69, 9.17) is 4.42 Å². The van der Waals surface area contributed by atoms with Crippen LogP contribution in [-0.4, -0.2) is 18.8 Å². The standard InChI is InChI=1S/C61H46N2OS/c1-65(2,3)48-32-27-44(28-33-48)62(43-18-8-5-9-19-43)45-29-35-50-42(38-45)26-34-56-52-36-30-46(39-57(52)51-21-10-11-23-55(51)61(50)56)63(58-24-14-12-20-49(58)41-16-6-4-7-17-41)47-31-37-54-53-22-13-15-25-59(53)64-60(54)40-47/h4-40H,1-3H3. The molecule has 0 saturated heterocycles. The maximum atomic E-state index is 6.49. The molecule has 4 heteroatoms. The van der Waals surface area contributed by atoms with Gasteiger partial charge in [0.05, 0.1) is 5.69 Å². The summed E-state index contributed by atoms with van der Waals surface area (Å²) in [5.74, 6) is 0. The van der Waals surface area contributed by atoms with Gasteiger partial charge in [0.25, 0.3) is 0 Å². The fraction of sp³-hybridized carbons (Fsp3) is 0.0492. The van der Waals surface area contributed by atoms with Crippen molar-refractivity contribution in [2.45, 2.75) is 4.90 Å². The number of rotatable bonds is 8. The van der Waals surface area contributed by atoms with Crippen LogP contribution in [0.3, 0.4) is 0 Å².